The Kier molecular flexibility index (Phi) is 4.65. The summed E-state index contributed by atoms with van der Waals surface area (Å²) in [5, 5.41) is 5.38. The quantitative estimate of drug-likeness (QED) is 0.421. The maximum absolute atomic E-state index is 13.2. The van der Waals surface area contributed by atoms with Gasteiger partial charge in [0.25, 0.3) is 5.56 Å². The molecule has 6 rings (SSSR count). The summed E-state index contributed by atoms with van der Waals surface area (Å²) in [6.45, 7) is 2.83. The zero-order valence-electron chi connectivity index (χ0n) is 18.6. The number of aryl methyl sites for hydroxylation is 1. The van der Waals surface area contributed by atoms with E-state index in [1.807, 2.05) is 52.0 Å². The number of carbonyl (C=O) groups excluding carboxylic acids is 1. The van der Waals surface area contributed by atoms with Crippen LogP contribution in [0.15, 0.2) is 84.2 Å². The largest absolute Gasteiger partial charge is 0.331 e. The molecule has 0 N–H and O–H groups in total. The highest BCUT2D eigenvalue weighted by molar-refractivity contribution is 5.79. The third-order valence-corrected chi connectivity index (χ3v) is 6.21. The van der Waals surface area contributed by atoms with Gasteiger partial charge in [-0.3, -0.25) is 14.2 Å². The van der Waals surface area contributed by atoms with Crippen LogP contribution in [0.4, 0.5) is 0 Å². The van der Waals surface area contributed by atoms with Gasteiger partial charge in [-0.15, -0.1) is 0 Å². The second kappa shape index (κ2) is 7.84. The van der Waals surface area contributed by atoms with E-state index in [-0.39, 0.29) is 18.0 Å². The van der Waals surface area contributed by atoms with E-state index in [0.29, 0.717) is 24.0 Å². The maximum atomic E-state index is 13.2. The SMILES string of the molecule is Cc1cccc(-n2nc3c(c2-n2cccc2)CN(C(=O)Cn2cnc4ccccc4c2=O)C3)c1. The third kappa shape index (κ3) is 3.31. The van der Waals surface area contributed by atoms with Crippen molar-refractivity contribution < 1.29 is 4.79 Å². The first kappa shape index (κ1) is 20.2. The molecule has 8 heteroatoms. The highest BCUT2D eigenvalue weighted by Gasteiger charge is 2.31. The maximum Gasteiger partial charge on any atom is 0.261 e. The molecule has 0 radical (unpaired) electrons. The average Bonchev–Trinajstić information content (AvgIpc) is 3.57. The lowest BCUT2D eigenvalue weighted by Gasteiger charge is -2.18. The van der Waals surface area contributed by atoms with Crippen molar-refractivity contribution in [1.29, 1.82) is 0 Å². The van der Waals surface area contributed by atoms with Crippen LogP contribution in [-0.2, 0) is 24.4 Å². The Labute approximate surface area is 195 Å². The van der Waals surface area contributed by atoms with Crippen LogP contribution >= 0.6 is 0 Å². The van der Waals surface area contributed by atoms with E-state index in [2.05, 4.69) is 24.0 Å². The molecule has 5 aromatic rings. The van der Waals surface area contributed by atoms with Gasteiger partial charge in [0.05, 0.1) is 41.7 Å². The fourth-order valence-electron chi connectivity index (χ4n) is 4.52. The van der Waals surface area contributed by atoms with E-state index in [1.165, 1.54) is 10.9 Å². The molecule has 1 aliphatic rings. The predicted molar refractivity (Wildman–Crippen MR) is 128 cm³/mol. The van der Waals surface area contributed by atoms with Crippen molar-refractivity contribution in [1.82, 2.24) is 28.8 Å². The molecule has 0 unspecified atom stereocenters. The molecule has 1 amide bonds. The molecule has 0 atom stereocenters. The molecular weight excluding hydrogens is 428 g/mol. The second-order valence-corrected chi connectivity index (χ2v) is 8.53. The molecule has 0 aliphatic carbocycles. The van der Waals surface area contributed by atoms with Gasteiger partial charge in [-0.05, 0) is 48.9 Å². The normalized spacial score (nSPS) is 12.9. The van der Waals surface area contributed by atoms with Crippen LogP contribution in [0.5, 0.6) is 0 Å². The number of aromatic nitrogens is 5. The first-order chi connectivity index (χ1) is 16.6. The minimum absolute atomic E-state index is 0.0579. The second-order valence-electron chi connectivity index (χ2n) is 8.53. The molecule has 0 fully saturated rings. The summed E-state index contributed by atoms with van der Waals surface area (Å²) in [7, 11) is 0. The fraction of sp³-hybridized carbons (Fsp3) is 0.154. The summed E-state index contributed by atoms with van der Waals surface area (Å²) in [6, 6.07) is 19.3. The van der Waals surface area contributed by atoms with Crippen molar-refractivity contribution >= 4 is 16.8 Å². The van der Waals surface area contributed by atoms with Crippen LogP contribution in [0.1, 0.15) is 16.8 Å². The molecule has 168 valence electrons. The minimum atomic E-state index is -0.214. The molecule has 8 nitrogen and oxygen atoms in total. The Morgan fingerprint density at radius 3 is 2.65 bits per heavy atom. The van der Waals surface area contributed by atoms with Gasteiger partial charge in [0.15, 0.2) is 0 Å². The molecular formula is C26H22N6O2. The number of hydrogen-bond acceptors (Lipinski definition) is 4. The van der Waals surface area contributed by atoms with Gasteiger partial charge in [-0.2, -0.15) is 5.10 Å². The smallest absolute Gasteiger partial charge is 0.261 e. The summed E-state index contributed by atoms with van der Waals surface area (Å²) in [6.07, 6.45) is 5.41. The predicted octanol–water partition coefficient (Wildman–Crippen LogP) is 3.22. The Morgan fingerprint density at radius 1 is 1.00 bits per heavy atom. The van der Waals surface area contributed by atoms with Gasteiger partial charge in [0.1, 0.15) is 12.4 Å². The summed E-state index contributed by atoms with van der Waals surface area (Å²) in [4.78, 5) is 32.1. The van der Waals surface area contributed by atoms with Gasteiger partial charge < -0.3 is 9.47 Å². The molecule has 0 spiro atoms. The third-order valence-electron chi connectivity index (χ3n) is 6.21. The Morgan fingerprint density at radius 2 is 1.82 bits per heavy atom. The van der Waals surface area contributed by atoms with E-state index < -0.39 is 0 Å². The summed E-state index contributed by atoms with van der Waals surface area (Å²) < 4.78 is 5.35. The molecule has 3 aromatic heterocycles. The van der Waals surface area contributed by atoms with Gasteiger partial charge in [0, 0.05) is 18.0 Å². The van der Waals surface area contributed by atoms with Gasteiger partial charge in [-0.1, -0.05) is 24.3 Å². The average molecular weight is 451 g/mol. The molecule has 4 heterocycles. The van der Waals surface area contributed by atoms with Gasteiger partial charge in [-0.25, -0.2) is 9.67 Å². The number of amides is 1. The molecule has 0 saturated carbocycles. The van der Waals surface area contributed by atoms with E-state index in [0.717, 1.165) is 28.3 Å². The first-order valence-electron chi connectivity index (χ1n) is 11.1. The van der Waals surface area contributed by atoms with Crippen molar-refractivity contribution in [3.05, 3.63) is 107 Å². The molecule has 0 bridgehead atoms. The van der Waals surface area contributed by atoms with Crippen LogP contribution in [0.25, 0.3) is 22.4 Å². The van der Waals surface area contributed by atoms with Crippen LogP contribution in [-0.4, -0.2) is 34.7 Å². The van der Waals surface area contributed by atoms with Crippen molar-refractivity contribution in [2.24, 2.45) is 0 Å². The number of hydrogen-bond donors (Lipinski definition) is 0. The molecule has 1 aliphatic heterocycles. The number of fused-ring (bicyclic) bond motifs is 2. The Balaban J connectivity index is 1.32. The summed E-state index contributed by atoms with van der Waals surface area (Å²) in [5.74, 6) is 0.781. The summed E-state index contributed by atoms with van der Waals surface area (Å²) in [5.41, 5.74) is 4.41. The van der Waals surface area contributed by atoms with Crippen LogP contribution in [0.3, 0.4) is 0 Å². The number of carbonyl (C=O) groups is 1. The van der Waals surface area contributed by atoms with Crippen molar-refractivity contribution in [3.63, 3.8) is 0 Å². The standard InChI is InChI=1S/C26H22N6O2/c1-18-7-6-8-19(13-18)32-25(29-11-4-5-12-29)21-14-30(15-23(21)28-32)24(33)16-31-17-27-22-10-3-2-9-20(22)26(31)34/h2-13,17H,14-16H2,1H3. The topological polar surface area (TPSA) is 78.0 Å². The lowest BCUT2D eigenvalue weighted by Crippen LogP contribution is -2.33. The summed E-state index contributed by atoms with van der Waals surface area (Å²) >= 11 is 0. The van der Waals surface area contributed by atoms with Crippen molar-refractivity contribution in [2.75, 3.05) is 0 Å². The van der Waals surface area contributed by atoms with E-state index in [1.54, 1.807) is 23.1 Å². The molecule has 34 heavy (non-hydrogen) atoms. The Bertz CT molecular complexity index is 1600. The molecule has 2 aromatic carbocycles. The monoisotopic (exact) mass is 450 g/mol. The number of nitrogens with zero attached hydrogens (tertiary/aromatic N) is 6. The fourth-order valence-corrected chi connectivity index (χ4v) is 4.52. The van der Waals surface area contributed by atoms with E-state index >= 15 is 0 Å². The van der Waals surface area contributed by atoms with Crippen LogP contribution < -0.4 is 5.56 Å². The zero-order chi connectivity index (χ0) is 23.2. The zero-order valence-corrected chi connectivity index (χ0v) is 18.6. The molecule has 0 saturated heterocycles. The van der Waals surface area contributed by atoms with E-state index in [4.69, 9.17) is 5.10 Å². The Hall–Kier alpha value is -4.46. The van der Waals surface area contributed by atoms with Gasteiger partial charge >= 0.3 is 0 Å². The minimum Gasteiger partial charge on any atom is -0.331 e. The van der Waals surface area contributed by atoms with Crippen LogP contribution in [0.2, 0.25) is 0 Å². The lowest BCUT2D eigenvalue weighted by atomic mass is 10.2. The van der Waals surface area contributed by atoms with Crippen LogP contribution in [0, 0.1) is 6.92 Å². The number of benzene rings is 2. The first-order valence-corrected chi connectivity index (χ1v) is 11.1. The lowest BCUT2D eigenvalue weighted by molar-refractivity contribution is -0.132. The number of para-hydroxylation sites is 1. The van der Waals surface area contributed by atoms with E-state index in [9.17, 15) is 9.59 Å². The number of rotatable bonds is 4. The highest BCUT2D eigenvalue weighted by Crippen LogP contribution is 2.30. The highest BCUT2D eigenvalue weighted by atomic mass is 16.2. The van der Waals surface area contributed by atoms with Gasteiger partial charge in [0.2, 0.25) is 5.91 Å². The van der Waals surface area contributed by atoms with Crippen molar-refractivity contribution in [2.45, 2.75) is 26.6 Å². The van der Waals surface area contributed by atoms with Crippen molar-refractivity contribution in [3.8, 4) is 11.5 Å².